The third-order valence-corrected chi connectivity index (χ3v) is 3.31. The van der Waals surface area contributed by atoms with Crippen LogP contribution in [0.5, 0.6) is 6.01 Å². The standard InChI is InChI=1S/C14H25N5O/c1-3-5-8-11-20-14-17-12(15-4-2)16-13(18-14)19-9-6-7-10-19/h3-11H2,1-2H3,(H,15,16,17,18). The van der Waals surface area contributed by atoms with Crippen LogP contribution >= 0.6 is 0 Å². The summed E-state index contributed by atoms with van der Waals surface area (Å²) in [5.74, 6) is 1.34. The van der Waals surface area contributed by atoms with Gasteiger partial charge in [-0.2, -0.15) is 15.0 Å². The van der Waals surface area contributed by atoms with Gasteiger partial charge in [-0.25, -0.2) is 0 Å². The Kier molecular flexibility index (Phi) is 5.83. The number of hydrogen-bond acceptors (Lipinski definition) is 6. The fourth-order valence-electron chi connectivity index (χ4n) is 2.22. The van der Waals surface area contributed by atoms with Crippen molar-refractivity contribution in [2.45, 2.75) is 46.0 Å². The normalized spacial score (nSPS) is 14.6. The van der Waals surface area contributed by atoms with Gasteiger partial charge in [0.1, 0.15) is 0 Å². The highest BCUT2D eigenvalue weighted by molar-refractivity contribution is 5.39. The van der Waals surface area contributed by atoms with Crippen molar-refractivity contribution in [3.8, 4) is 6.01 Å². The molecular formula is C14H25N5O. The van der Waals surface area contributed by atoms with Crippen LogP contribution in [-0.4, -0.2) is 41.2 Å². The third-order valence-electron chi connectivity index (χ3n) is 3.31. The molecule has 0 radical (unpaired) electrons. The number of nitrogens with zero attached hydrogens (tertiary/aromatic N) is 4. The predicted molar refractivity (Wildman–Crippen MR) is 80.5 cm³/mol. The Labute approximate surface area is 121 Å². The lowest BCUT2D eigenvalue weighted by Gasteiger charge is -2.16. The fourth-order valence-corrected chi connectivity index (χ4v) is 2.22. The first-order valence-corrected chi connectivity index (χ1v) is 7.71. The van der Waals surface area contributed by atoms with E-state index in [0.29, 0.717) is 18.6 Å². The van der Waals surface area contributed by atoms with Crippen molar-refractivity contribution < 1.29 is 4.74 Å². The van der Waals surface area contributed by atoms with Crippen molar-refractivity contribution in [3.63, 3.8) is 0 Å². The van der Waals surface area contributed by atoms with Gasteiger partial charge < -0.3 is 15.0 Å². The van der Waals surface area contributed by atoms with Gasteiger partial charge in [-0.1, -0.05) is 19.8 Å². The van der Waals surface area contributed by atoms with E-state index in [0.717, 1.165) is 32.0 Å². The molecule has 6 heteroatoms. The Bertz CT molecular complexity index is 407. The molecule has 112 valence electrons. The molecule has 0 atom stereocenters. The Balaban J connectivity index is 2.04. The number of unbranched alkanes of at least 4 members (excludes halogenated alkanes) is 2. The molecule has 20 heavy (non-hydrogen) atoms. The SMILES string of the molecule is CCCCCOc1nc(NCC)nc(N2CCCC2)n1. The molecule has 1 aliphatic heterocycles. The Hall–Kier alpha value is -1.59. The fraction of sp³-hybridized carbons (Fsp3) is 0.786. The van der Waals surface area contributed by atoms with Gasteiger partial charge in [-0.05, 0) is 26.2 Å². The summed E-state index contributed by atoms with van der Waals surface area (Å²) >= 11 is 0. The highest BCUT2D eigenvalue weighted by Gasteiger charge is 2.17. The smallest absolute Gasteiger partial charge is 0.323 e. The van der Waals surface area contributed by atoms with Gasteiger partial charge in [0.2, 0.25) is 11.9 Å². The number of aromatic nitrogens is 3. The zero-order valence-electron chi connectivity index (χ0n) is 12.6. The molecule has 1 fully saturated rings. The average molecular weight is 279 g/mol. The van der Waals surface area contributed by atoms with Crippen molar-refractivity contribution in [1.82, 2.24) is 15.0 Å². The topological polar surface area (TPSA) is 63.2 Å². The molecule has 1 aliphatic rings. The van der Waals surface area contributed by atoms with E-state index >= 15 is 0 Å². The molecule has 0 unspecified atom stereocenters. The van der Waals surface area contributed by atoms with E-state index < -0.39 is 0 Å². The second kappa shape index (κ2) is 7.87. The number of rotatable bonds is 8. The summed E-state index contributed by atoms with van der Waals surface area (Å²) in [7, 11) is 0. The minimum absolute atomic E-state index is 0.439. The van der Waals surface area contributed by atoms with Crippen LogP contribution in [-0.2, 0) is 0 Å². The van der Waals surface area contributed by atoms with Gasteiger partial charge in [-0.3, -0.25) is 0 Å². The number of hydrogen-bond donors (Lipinski definition) is 1. The molecule has 0 amide bonds. The Morgan fingerprint density at radius 1 is 1.10 bits per heavy atom. The zero-order chi connectivity index (χ0) is 14.2. The predicted octanol–water partition coefficient (Wildman–Crippen LogP) is 2.47. The summed E-state index contributed by atoms with van der Waals surface area (Å²) < 4.78 is 5.67. The number of anilines is 2. The molecule has 0 aliphatic carbocycles. The van der Waals surface area contributed by atoms with Gasteiger partial charge in [0.15, 0.2) is 0 Å². The van der Waals surface area contributed by atoms with Crippen LogP contribution in [0, 0.1) is 0 Å². The summed E-state index contributed by atoms with van der Waals surface area (Å²) in [5.41, 5.74) is 0. The second-order valence-electron chi connectivity index (χ2n) is 5.02. The molecular weight excluding hydrogens is 254 g/mol. The molecule has 2 heterocycles. The number of ether oxygens (including phenoxy) is 1. The minimum Gasteiger partial charge on any atom is -0.463 e. The Morgan fingerprint density at radius 3 is 2.60 bits per heavy atom. The van der Waals surface area contributed by atoms with Crippen LogP contribution in [0.1, 0.15) is 46.0 Å². The van der Waals surface area contributed by atoms with E-state index in [4.69, 9.17) is 4.74 Å². The van der Waals surface area contributed by atoms with Gasteiger partial charge in [-0.15, -0.1) is 0 Å². The first kappa shape index (κ1) is 14.8. The van der Waals surface area contributed by atoms with Crippen LogP contribution in [0.2, 0.25) is 0 Å². The summed E-state index contributed by atoms with van der Waals surface area (Å²) in [6.45, 7) is 7.70. The van der Waals surface area contributed by atoms with Crippen molar-refractivity contribution in [3.05, 3.63) is 0 Å². The van der Waals surface area contributed by atoms with E-state index in [1.165, 1.54) is 25.7 Å². The van der Waals surface area contributed by atoms with E-state index in [1.807, 2.05) is 6.92 Å². The maximum absolute atomic E-state index is 5.67. The summed E-state index contributed by atoms with van der Waals surface area (Å²) in [5, 5.41) is 3.14. The zero-order valence-corrected chi connectivity index (χ0v) is 12.6. The average Bonchev–Trinajstić information content (AvgIpc) is 2.98. The summed E-state index contributed by atoms with van der Waals surface area (Å²) in [4.78, 5) is 15.4. The van der Waals surface area contributed by atoms with Crippen LogP contribution < -0.4 is 15.0 Å². The van der Waals surface area contributed by atoms with Crippen molar-refractivity contribution in [2.75, 3.05) is 36.5 Å². The van der Waals surface area contributed by atoms with Gasteiger partial charge in [0.05, 0.1) is 6.61 Å². The first-order valence-electron chi connectivity index (χ1n) is 7.71. The van der Waals surface area contributed by atoms with Gasteiger partial charge >= 0.3 is 6.01 Å². The highest BCUT2D eigenvalue weighted by Crippen LogP contribution is 2.19. The minimum atomic E-state index is 0.439. The lowest BCUT2D eigenvalue weighted by Crippen LogP contribution is -2.22. The van der Waals surface area contributed by atoms with E-state index in [2.05, 4.69) is 32.1 Å². The molecule has 1 saturated heterocycles. The molecule has 1 N–H and O–H groups in total. The van der Waals surface area contributed by atoms with Crippen molar-refractivity contribution >= 4 is 11.9 Å². The number of nitrogens with one attached hydrogen (secondary N) is 1. The molecule has 0 aromatic carbocycles. The monoisotopic (exact) mass is 279 g/mol. The molecule has 0 spiro atoms. The van der Waals surface area contributed by atoms with Crippen LogP contribution in [0.15, 0.2) is 0 Å². The van der Waals surface area contributed by atoms with E-state index in [-0.39, 0.29) is 0 Å². The highest BCUT2D eigenvalue weighted by atomic mass is 16.5. The molecule has 1 aromatic rings. The van der Waals surface area contributed by atoms with Gasteiger partial charge in [0.25, 0.3) is 0 Å². The lowest BCUT2D eigenvalue weighted by atomic mass is 10.3. The first-order chi connectivity index (χ1) is 9.83. The summed E-state index contributed by atoms with van der Waals surface area (Å²) in [6, 6.07) is 0.439. The van der Waals surface area contributed by atoms with Crippen LogP contribution in [0.25, 0.3) is 0 Å². The van der Waals surface area contributed by atoms with Crippen LogP contribution in [0.3, 0.4) is 0 Å². The second-order valence-corrected chi connectivity index (χ2v) is 5.02. The van der Waals surface area contributed by atoms with E-state index in [1.54, 1.807) is 0 Å². The van der Waals surface area contributed by atoms with Crippen molar-refractivity contribution in [2.24, 2.45) is 0 Å². The molecule has 0 saturated carbocycles. The lowest BCUT2D eigenvalue weighted by molar-refractivity contribution is 0.282. The van der Waals surface area contributed by atoms with Gasteiger partial charge in [0, 0.05) is 19.6 Å². The maximum Gasteiger partial charge on any atom is 0.323 e. The molecule has 2 rings (SSSR count). The largest absolute Gasteiger partial charge is 0.463 e. The Morgan fingerprint density at radius 2 is 1.90 bits per heavy atom. The molecule has 0 bridgehead atoms. The van der Waals surface area contributed by atoms with Crippen LogP contribution in [0.4, 0.5) is 11.9 Å². The van der Waals surface area contributed by atoms with E-state index in [9.17, 15) is 0 Å². The summed E-state index contributed by atoms with van der Waals surface area (Å²) in [6.07, 6.45) is 5.80. The quantitative estimate of drug-likeness (QED) is 0.738. The van der Waals surface area contributed by atoms with Crippen molar-refractivity contribution in [1.29, 1.82) is 0 Å². The molecule has 1 aromatic heterocycles. The third kappa shape index (κ3) is 4.21. The molecule has 6 nitrogen and oxygen atoms in total. The maximum atomic E-state index is 5.67.